The van der Waals surface area contributed by atoms with Crippen LogP contribution in [0.15, 0.2) is 12.1 Å². The van der Waals surface area contributed by atoms with Crippen LogP contribution in [-0.4, -0.2) is 54.1 Å². The van der Waals surface area contributed by atoms with Gasteiger partial charge in [0, 0.05) is 42.0 Å². The van der Waals surface area contributed by atoms with Gasteiger partial charge in [-0.3, -0.25) is 0 Å². The summed E-state index contributed by atoms with van der Waals surface area (Å²) >= 11 is 0. The van der Waals surface area contributed by atoms with E-state index in [9.17, 15) is 10.4 Å². The number of benzene rings is 1. The van der Waals surface area contributed by atoms with E-state index in [4.69, 9.17) is 14.2 Å². The Labute approximate surface area is 196 Å². The summed E-state index contributed by atoms with van der Waals surface area (Å²) in [7, 11) is 3.50. The first kappa shape index (κ1) is 21.6. The van der Waals surface area contributed by atoms with Crippen LogP contribution in [0.3, 0.4) is 0 Å². The van der Waals surface area contributed by atoms with Crippen LogP contribution >= 0.6 is 0 Å². The van der Waals surface area contributed by atoms with Gasteiger partial charge < -0.3 is 24.2 Å². The highest BCUT2D eigenvalue weighted by Gasteiger charge is 2.82. The molecule has 1 N–H and O–H groups in total. The molecule has 1 aromatic rings. The summed E-state index contributed by atoms with van der Waals surface area (Å²) in [6, 6.07) is 4.30. The summed E-state index contributed by atoms with van der Waals surface area (Å²) in [5.74, 6) is 1.54. The van der Waals surface area contributed by atoms with Gasteiger partial charge in [-0.15, -0.1) is 0 Å². The number of hydrogen-bond acceptors (Lipinski definition) is 6. The molecule has 4 fully saturated rings. The number of fused-ring (bicyclic) bond motifs is 2. The third-order valence-electron chi connectivity index (χ3n) is 10.9. The van der Waals surface area contributed by atoms with Crippen molar-refractivity contribution in [2.24, 2.45) is 16.7 Å². The molecule has 2 spiro atoms. The number of methoxy groups -OCH3 is 2. The Balaban J connectivity index is 1.66. The number of aliphatic hydroxyl groups is 1. The van der Waals surface area contributed by atoms with E-state index < -0.39 is 11.2 Å². The highest BCUT2D eigenvalue weighted by Crippen LogP contribution is 2.77. The van der Waals surface area contributed by atoms with Gasteiger partial charge in [-0.1, -0.05) is 26.8 Å². The Hall–Kier alpha value is -1.97. The van der Waals surface area contributed by atoms with E-state index >= 15 is 0 Å². The zero-order valence-electron chi connectivity index (χ0n) is 20.7. The average molecular weight is 453 g/mol. The second-order valence-corrected chi connectivity index (χ2v) is 12.3. The lowest BCUT2D eigenvalue weighted by molar-refractivity contribution is -0.309. The summed E-state index contributed by atoms with van der Waals surface area (Å²) in [6.07, 6.45) is 6.68. The van der Waals surface area contributed by atoms with Gasteiger partial charge in [-0.25, -0.2) is 0 Å². The smallest absolute Gasteiger partial charge is 0.179 e. The summed E-state index contributed by atoms with van der Waals surface area (Å²) in [5, 5.41) is 22.2. The van der Waals surface area contributed by atoms with Crippen LogP contribution in [0, 0.1) is 28.2 Å². The van der Waals surface area contributed by atoms with Crippen molar-refractivity contribution in [2.45, 2.75) is 88.6 Å². The van der Waals surface area contributed by atoms with Crippen LogP contribution < -0.4 is 9.47 Å². The first-order valence-electron chi connectivity index (χ1n) is 12.3. The van der Waals surface area contributed by atoms with E-state index in [-0.39, 0.29) is 34.3 Å². The first-order chi connectivity index (χ1) is 15.5. The highest BCUT2D eigenvalue weighted by molar-refractivity contribution is 5.63. The Bertz CT molecular complexity index is 1070. The van der Waals surface area contributed by atoms with Crippen molar-refractivity contribution < 1.29 is 19.3 Å². The van der Waals surface area contributed by atoms with Crippen molar-refractivity contribution in [3.8, 4) is 17.7 Å². The van der Waals surface area contributed by atoms with Crippen molar-refractivity contribution >= 4 is 0 Å². The molecular weight excluding hydrogens is 416 g/mol. The van der Waals surface area contributed by atoms with E-state index in [0.717, 1.165) is 50.1 Å². The minimum absolute atomic E-state index is 0.107. The molecule has 7 rings (SSSR count). The molecule has 178 valence electrons. The molecule has 0 amide bonds. The molecule has 0 aromatic heterocycles. The molecule has 6 heteroatoms. The molecule has 1 saturated heterocycles. The van der Waals surface area contributed by atoms with Crippen LogP contribution in [0.2, 0.25) is 0 Å². The second kappa shape index (κ2) is 6.17. The van der Waals surface area contributed by atoms with E-state index in [1.807, 2.05) is 17.9 Å². The predicted molar refractivity (Wildman–Crippen MR) is 123 cm³/mol. The van der Waals surface area contributed by atoms with E-state index in [2.05, 4.69) is 33.0 Å². The fraction of sp³-hybridized carbons (Fsp3) is 0.741. The van der Waals surface area contributed by atoms with Gasteiger partial charge in [0.25, 0.3) is 0 Å². The molecule has 6 nitrogen and oxygen atoms in total. The van der Waals surface area contributed by atoms with Gasteiger partial charge in [0.15, 0.2) is 17.7 Å². The maximum atomic E-state index is 12.1. The molecule has 33 heavy (non-hydrogen) atoms. The Morgan fingerprint density at radius 3 is 2.58 bits per heavy atom. The number of likely N-dealkylation sites (tertiary alicyclic amines) is 1. The van der Waals surface area contributed by atoms with Crippen molar-refractivity contribution in [1.29, 1.82) is 5.26 Å². The summed E-state index contributed by atoms with van der Waals surface area (Å²) < 4.78 is 19.3. The van der Waals surface area contributed by atoms with E-state index in [1.54, 1.807) is 14.2 Å². The minimum Gasteiger partial charge on any atom is -0.493 e. The van der Waals surface area contributed by atoms with Gasteiger partial charge >= 0.3 is 0 Å². The lowest BCUT2D eigenvalue weighted by Gasteiger charge is -2.75. The van der Waals surface area contributed by atoms with Crippen molar-refractivity contribution in [2.75, 3.05) is 20.8 Å². The molecule has 2 aliphatic heterocycles. The van der Waals surface area contributed by atoms with Gasteiger partial charge in [0.05, 0.1) is 12.7 Å². The van der Waals surface area contributed by atoms with Gasteiger partial charge in [0.2, 0.25) is 0 Å². The Morgan fingerprint density at radius 1 is 1.18 bits per heavy atom. The maximum Gasteiger partial charge on any atom is 0.179 e. The Kier molecular flexibility index (Phi) is 4.03. The lowest BCUT2D eigenvalue weighted by Crippen LogP contribution is -2.83. The van der Waals surface area contributed by atoms with Crippen molar-refractivity contribution in [3.05, 3.63) is 23.3 Å². The third-order valence-corrected chi connectivity index (χ3v) is 10.9. The summed E-state index contributed by atoms with van der Waals surface area (Å²) in [5.41, 5.74) is 0.315. The second-order valence-electron chi connectivity index (χ2n) is 12.3. The Morgan fingerprint density at radius 2 is 1.94 bits per heavy atom. The molecule has 6 aliphatic rings. The van der Waals surface area contributed by atoms with E-state index in [0.29, 0.717) is 0 Å². The molecule has 7 atom stereocenters. The fourth-order valence-electron chi connectivity index (χ4n) is 8.91. The van der Waals surface area contributed by atoms with Crippen LogP contribution in [0.4, 0.5) is 0 Å². The zero-order chi connectivity index (χ0) is 23.6. The largest absolute Gasteiger partial charge is 0.493 e. The van der Waals surface area contributed by atoms with Crippen LogP contribution in [0.25, 0.3) is 0 Å². The van der Waals surface area contributed by atoms with E-state index in [1.165, 1.54) is 11.1 Å². The van der Waals surface area contributed by atoms with Gasteiger partial charge in [0.1, 0.15) is 11.7 Å². The van der Waals surface area contributed by atoms with Crippen molar-refractivity contribution in [3.63, 3.8) is 0 Å². The average Bonchev–Trinajstić information content (AvgIpc) is 3.15. The quantitative estimate of drug-likeness (QED) is 0.704. The topological polar surface area (TPSA) is 75.0 Å². The highest BCUT2D eigenvalue weighted by atomic mass is 16.6. The molecule has 2 heterocycles. The molecule has 1 unspecified atom stereocenters. The molecule has 1 aromatic carbocycles. The molecule has 4 aliphatic carbocycles. The van der Waals surface area contributed by atoms with Gasteiger partial charge in [-0.2, -0.15) is 5.26 Å². The molecule has 3 saturated carbocycles. The molecular formula is C27H36N2O4. The number of nitriles is 1. The van der Waals surface area contributed by atoms with Crippen LogP contribution in [-0.2, 0) is 16.6 Å². The van der Waals surface area contributed by atoms with Crippen molar-refractivity contribution in [1.82, 2.24) is 4.90 Å². The predicted octanol–water partition coefficient (Wildman–Crippen LogP) is 3.79. The maximum absolute atomic E-state index is 12.1. The van der Waals surface area contributed by atoms with Crippen LogP contribution in [0.1, 0.15) is 64.5 Å². The molecule has 0 radical (unpaired) electrons. The third kappa shape index (κ3) is 2.10. The zero-order valence-corrected chi connectivity index (χ0v) is 20.7. The minimum atomic E-state index is -0.966. The lowest BCUT2D eigenvalue weighted by atomic mass is 9.33. The van der Waals surface area contributed by atoms with Gasteiger partial charge in [-0.05, 0) is 56.1 Å². The number of rotatable bonds is 3. The monoisotopic (exact) mass is 452 g/mol. The SMILES string of the molecule is COc1ccc2c3c1O[C@@H]1[C@@]4(OC)CC[C@]5(C[C@@H]4[C@](C)(O)C(C)(C)C)C(C2)N(C#N)CC[C@@]315. The molecule has 4 bridgehead atoms. The summed E-state index contributed by atoms with van der Waals surface area (Å²) in [6.45, 7) is 9.05. The van der Waals surface area contributed by atoms with Crippen LogP contribution in [0.5, 0.6) is 11.5 Å². The summed E-state index contributed by atoms with van der Waals surface area (Å²) in [4.78, 5) is 2.03. The number of nitrogens with zero attached hydrogens (tertiary/aromatic N) is 2. The normalized spacial score (nSPS) is 41.6. The fourth-order valence-corrected chi connectivity index (χ4v) is 8.91. The standard InChI is InChI=1S/C27H36N2O4/c1-23(2,3)24(4,30)18-14-25-9-10-27(18,32-6)22-26(25)11-12-29(15-28)19(25)13-16-7-8-17(31-5)21(33-22)20(16)26/h7-8,18-19,22,30H,9-14H2,1-6H3/t18-,19?,22+,24+,25+,26-,27-/m1/s1. The number of hydrogen-bond donors (Lipinski definition) is 1. The number of ether oxygens (including phenoxy) is 3. The number of piperidine rings is 1. The first-order valence-corrected chi connectivity index (χ1v) is 12.3.